The predicted octanol–water partition coefficient (Wildman–Crippen LogP) is 3.61. The van der Waals surface area contributed by atoms with E-state index < -0.39 is 23.4 Å². The van der Waals surface area contributed by atoms with Crippen molar-refractivity contribution in [2.45, 2.75) is 39.1 Å². The van der Waals surface area contributed by atoms with Gasteiger partial charge in [0.2, 0.25) is 0 Å². The van der Waals surface area contributed by atoms with Crippen molar-refractivity contribution < 1.29 is 22.7 Å². The summed E-state index contributed by atoms with van der Waals surface area (Å²) in [7, 11) is 0. The van der Waals surface area contributed by atoms with Gasteiger partial charge in [0.1, 0.15) is 11.2 Å². The summed E-state index contributed by atoms with van der Waals surface area (Å²) in [5, 5.41) is 2.66. The Balaban J connectivity index is 2.29. The van der Waals surface area contributed by atoms with Crippen LogP contribution in [0.4, 0.5) is 18.0 Å². The predicted molar refractivity (Wildman–Crippen MR) is 74.2 cm³/mol. The van der Waals surface area contributed by atoms with E-state index in [9.17, 15) is 18.0 Å². The number of pyridine rings is 1. The molecule has 1 amide bonds. The topological polar surface area (TPSA) is 67.0 Å². The van der Waals surface area contributed by atoms with E-state index in [1.807, 2.05) is 0 Å². The molecular formula is C14H16F3N3O2. The molecule has 2 heterocycles. The number of nitrogens with one attached hydrogen (secondary N) is 2. The van der Waals surface area contributed by atoms with Gasteiger partial charge < -0.3 is 15.0 Å². The Kier molecular flexibility index (Phi) is 4.04. The summed E-state index contributed by atoms with van der Waals surface area (Å²) >= 11 is 0. The van der Waals surface area contributed by atoms with Crippen molar-refractivity contribution in [3.05, 3.63) is 29.6 Å². The van der Waals surface area contributed by atoms with Crippen molar-refractivity contribution in [3.63, 3.8) is 0 Å². The normalized spacial score (nSPS) is 12.5. The van der Waals surface area contributed by atoms with Crippen LogP contribution >= 0.6 is 0 Å². The highest BCUT2D eigenvalue weighted by Crippen LogP contribution is 2.34. The lowest BCUT2D eigenvalue weighted by Gasteiger charge is -2.20. The third-order valence-electron chi connectivity index (χ3n) is 2.81. The third kappa shape index (κ3) is 3.69. The number of alkyl carbamates (subject to hydrolysis) is 1. The molecule has 120 valence electrons. The van der Waals surface area contributed by atoms with Gasteiger partial charge >= 0.3 is 12.3 Å². The molecule has 0 atom stereocenters. The Morgan fingerprint density at radius 1 is 1.36 bits per heavy atom. The van der Waals surface area contributed by atoms with Gasteiger partial charge in [-0.1, -0.05) is 0 Å². The zero-order valence-electron chi connectivity index (χ0n) is 12.3. The van der Waals surface area contributed by atoms with Crippen molar-refractivity contribution in [1.29, 1.82) is 0 Å². The number of H-pyrrole nitrogens is 1. The van der Waals surface area contributed by atoms with Gasteiger partial charge in [0, 0.05) is 24.3 Å². The molecule has 0 aliphatic heterocycles. The summed E-state index contributed by atoms with van der Waals surface area (Å²) in [5.74, 6) is 0. The third-order valence-corrected chi connectivity index (χ3v) is 2.81. The molecular weight excluding hydrogens is 299 g/mol. The fourth-order valence-corrected chi connectivity index (χ4v) is 1.97. The largest absolute Gasteiger partial charge is 0.444 e. The van der Waals surface area contributed by atoms with E-state index in [2.05, 4.69) is 15.3 Å². The SMILES string of the molecule is CC(C)(C)OC(=O)NCc1c(C(F)(F)F)cnc2[nH]ccc12. The van der Waals surface area contributed by atoms with Gasteiger partial charge in [0.05, 0.1) is 5.56 Å². The second-order valence-corrected chi connectivity index (χ2v) is 5.74. The number of aromatic amines is 1. The van der Waals surface area contributed by atoms with E-state index in [0.29, 0.717) is 11.0 Å². The molecule has 22 heavy (non-hydrogen) atoms. The fourth-order valence-electron chi connectivity index (χ4n) is 1.97. The smallest absolute Gasteiger partial charge is 0.418 e. The van der Waals surface area contributed by atoms with Gasteiger partial charge in [-0.2, -0.15) is 13.2 Å². The second kappa shape index (κ2) is 5.51. The molecule has 2 aromatic rings. The van der Waals surface area contributed by atoms with Gasteiger partial charge in [-0.3, -0.25) is 0 Å². The highest BCUT2D eigenvalue weighted by atomic mass is 19.4. The Morgan fingerprint density at radius 3 is 2.64 bits per heavy atom. The number of halogens is 3. The van der Waals surface area contributed by atoms with Gasteiger partial charge in [-0.25, -0.2) is 9.78 Å². The minimum atomic E-state index is -4.55. The Bertz CT molecular complexity index is 687. The number of fused-ring (bicyclic) bond motifs is 1. The zero-order chi connectivity index (χ0) is 16.5. The van der Waals surface area contributed by atoms with Crippen LogP contribution < -0.4 is 5.32 Å². The van der Waals surface area contributed by atoms with Crippen LogP contribution in [-0.2, 0) is 17.5 Å². The fraction of sp³-hybridized carbons (Fsp3) is 0.429. The molecule has 5 nitrogen and oxygen atoms in total. The molecule has 0 fully saturated rings. The summed E-state index contributed by atoms with van der Waals surface area (Å²) in [5.41, 5.74) is -1.33. The molecule has 0 saturated heterocycles. The van der Waals surface area contributed by atoms with Crippen LogP contribution in [0.15, 0.2) is 18.5 Å². The molecule has 0 aromatic carbocycles. The average molecular weight is 315 g/mol. The summed E-state index contributed by atoms with van der Waals surface area (Å²) in [6, 6.07) is 1.49. The van der Waals surface area contributed by atoms with Crippen molar-refractivity contribution >= 4 is 17.1 Å². The molecule has 0 radical (unpaired) electrons. The Labute approximate surface area is 124 Å². The highest BCUT2D eigenvalue weighted by Gasteiger charge is 2.35. The van der Waals surface area contributed by atoms with E-state index in [-0.39, 0.29) is 12.1 Å². The van der Waals surface area contributed by atoms with E-state index >= 15 is 0 Å². The van der Waals surface area contributed by atoms with Gasteiger partial charge in [-0.15, -0.1) is 0 Å². The first-order valence-electron chi connectivity index (χ1n) is 6.57. The maximum absolute atomic E-state index is 13.1. The molecule has 2 rings (SSSR count). The Hall–Kier alpha value is -2.25. The van der Waals surface area contributed by atoms with Crippen LogP contribution in [0.25, 0.3) is 11.0 Å². The molecule has 0 bridgehead atoms. The Morgan fingerprint density at radius 2 is 2.05 bits per heavy atom. The molecule has 0 saturated carbocycles. The lowest BCUT2D eigenvalue weighted by molar-refractivity contribution is -0.138. The van der Waals surface area contributed by atoms with E-state index in [1.165, 1.54) is 12.3 Å². The molecule has 8 heteroatoms. The van der Waals surface area contributed by atoms with Gasteiger partial charge in [0.15, 0.2) is 0 Å². The quantitative estimate of drug-likeness (QED) is 0.889. The number of rotatable bonds is 2. The maximum atomic E-state index is 13.1. The van der Waals surface area contributed by atoms with Crippen LogP contribution in [0.3, 0.4) is 0 Å². The van der Waals surface area contributed by atoms with E-state index in [0.717, 1.165) is 6.20 Å². The monoisotopic (exact) mass is 315 g/mol. The van der Waals surface area contributed by atoms with Crippen molar-refractivity contribution in [1.82, 2.24) is 15.3 Å². The molecule has 2 N–H and O–H groups in total. The van der Waals surface area contributed by atoms with Crippen LogP contribution in [0.1, 0.15) is 31.9 Å². The van der Waals surface area contributed by atoms with Crippen molar-refractivity contribution in [2.75, 3.05) is 0 Å². The number of alkyl halides is 3. The number of hydrogen-bond donors (Lipinski definition) is 2. The number of nitrogens with zero attached hydrogens (tertiary/aromatic N) is 1. The van der Waals surface area contributed by atoms with Crippen LogP contribution in [0.2, 0.25) is 0 Å². The number of amides is 1. The number of carbonyl (C=O) groups is 1. The average Bonchev–Trinajstić information content (AvgIpc) is 2.80. The lowest BCUT2D eigenvalue weighted by Crippen LogP contribution is -2.32. The first-order chi connectivity index (χ1) is 10.1. The molecule has 0 aliphatic carbocycles. The first-order valence-corrected chi connectivity index (χ1v) is 6.57. The molecule has 0 spiro atoms. The lowest BCUT2D eigenvalue weighted by atomic mass is 10.1. The standard InChI is InChI=1S/C14H16F3N3O2/c1-13(2,3)22-12(21)20-6-9-8-4-5-18-11(8)19-7-10(9)14(15,16)17/h4-5,7H,6H2,1-3H3,(H,18,19)(H,20,21). The number of carbonyl (C=O) groups excluding carboxylic acids is 1. The minimum absolute atomic E-state index is 0.0513. The number of aromatic nitrogens is 2. The summed E-state index contributed by atoms with van der Waals surface area (Å²) in [6.07, 6.45) is -3.08. The molecule has 0 aliphatic rings. The van der Waals surface area contributed by atoms with E-state index in [1.54, 1.807) is 20.8 Å². The summed E-state index contributed by atoms with van der Waals surface area (Å²) in [4.78, 5) is 18.1. The van der Waals surface area contributed by atoms with Crippen LogP contribution in [-0.4, -0.2) is 21.7 Å². The summed E-state index contributed by atoms with van der Waals surface area (Å²) in [6.45, 7) is 4.71. The van der Waals surface area contributed by atoms with Crippen molar-refractivity contribution in [3.8, 4) is 0 Å². The van der Waals surface area contributed by atoms with Crippen molar-refractivity contribution in [2.24, 2.45) is 0 Å². The van der Waals surface area contributed by atoms with Crippen LogP contribution in [0, 0.1) is 0 Å². The second-order valence-electron chi connectivity index (χ2n) is 5.74. The van der Waals surface area contributed by atoms with Gasteiger partial charge in [0.25, 0.3) is 0 Å². The first kappa shape index (κ1) is 16.1. The zero-order valence-corrected chi connectivity index (χ0v) is 12.3. The van der Waals surface area contributed by atoms with Gasteiger partial charge in [-0.05, 0) is 32.4 Å². The summed E-state index contributed by atoms with van der Waals surface area (Å²) < 4.78 is 44.3. The highest BCUT2D eigenvalue weighted by molar-refractivity contribution is 5.81. The maximum Gasteiger partial charge on any atom is 0.418 e. The van der Waals surface area contributed by atoms with Crippen LogP contribution in [0.5, 0.6) is 0 Å². The number of hydrogen-bond acceptors (Lipinski definition) is 3. The minimum Gasteiger partial charge on any atom is -0.444 e. The number of ether oxygens (including phenoxy) is 1. The molecule has 0 unspecified atom stereocenters. The molecule has 2 aromatic heterocycles. The van der Waals surface area contributed by atoms with E-state index in [4.69, 9.17) is 4.74 Å².